The molecule has 0 atom stereocenters. The first kappa shape index (κ1) is 10.4. The van der Waals surface area contributed by atoms with E-state index in [4.69, 9.17) is 4.52 Å². The highest BCUT2D eigenvalue weighted by molar-refractivity contribution is 5.86. The van der Waals surface area contributed by atoms with Crippen molar-refractivity contribution in [3.63, 3.8) is 0 Å². The van der Waals surface area contributed by atoms with E-state index in [0.29, 0.717) is 5.89 Å². The van der Waals surface area contributed by atoms with Gasteiger partial charge >= 0.3 is 0 Å². The van der Waals surface area contributed by atoms with Crippen molar-refractivity contribution < 1.29 is 9.32 Å². The van der Waals surface area contributed by atoms with Crippen molar-refractivity contribution in [1.82, 2.24) is 10.1 Å². The maximum atomic E-state index is 10.8. The van der Waals surface area contributed by atoms with Crippen LogP contribution in [0.3, 0.4) is 0 Å². The van der Waals surface area contributed by atoms with E-state index in [9.17, 15) is 4.79 Å². The molecule has 0 spiro atoms. The number of nitrogens with one attached hydrogen (secondary N) is 1. The number of nitrogens with zero attached hydrogens (tertiary/aromatic N) is 2. The summed E-state index contributed by atoms with van der Waals surface area (Å²) in [5, 5.41) is 6.09. The lowest BCUT2D eigenvalue weighted by atomic mass is 10.1. The van der Waals surface area contributed by atoms with Gasteiger partial charge in [0.1, 0.15) is 0 Å². The van der Waals surface area contributed by atoms with E-state index in [-0.39, 0.29) is 11.9 Å². The third-order valence-electron chi connectivity index (χ3n) is 2.01. The van der Waals surface area contributed by atoms with Gasteiger partial charge in [-0.15, -0.1) is 0 Å². The first-order valence-corrected chi connectivity index (χ1v) is 4.83. The minimum Gasteiger partial charge on any atom is -0.332 e. The maximum Gasteiger partial charge on any atom is 0.270 e. The number of benzene rings is 1. The van der Waals surface area contributed by atoms with Crippen molar-refractivity contribution >= 4 is 11.9 Å². The summed E-state index contributed by atoms with van der Waals surface area (Å²) in [6.45, 7) is 3.39. The van der Waals surface area contributed by atoms with Crippen LogP contribution in [0.1, 0.15) is 12.5 Å². The minimum absolute atomic E-state index is 0.183. The number of carbonyl (C=O) groups excluding carboxylic acids is 1. The van der Waals surface area contributed by atoms with Gasteiger partial charge in [0, 0.05) is 12.5 Å². The standard InChI is InChI=1S/C11H11N3O2/c1-7-3-5-9(6-4-7)10-13-11(14-16-10)12-8(2)15/h3-6H,1-2H3,(H,12,14,15). The normalized spacial score (nSPS) is 10.1. The Hall–Kier alpha value is -2.17. The lowest BCUT2D eigenvalue weighted by molar-refractivity contribution is -0.114. The lowest BCUT2D eigenvalue weighted by Gasteiger charge is -1.94. The summed E-state index contributed by atoms with van der Waals surface area (Å²) in [4.78, 5) is 14.8. The second-order valence-electron chi connectivity index (χ2n) is 3.47. The fourth-order valence-electron chi connectivity index (χ4n) is 1.25. The predicted molar refractivity (Wildman–Crippen MR) is 58.8 cm³/mol. The third-order valence-corrected chi connectivity index (χ3v) is 2.01. The molecule has 5 nitrogen and oxygen atoms in total. The smallest absolute Gasteiger partial charge is 0.270 e. The summed E-state index contributed by atoms with van der Waals surface area (Å²) in [5.41, 5.74) is 1.99. The molecule has 0 aliphatic heterocycles. The average Bonchev–Trinajstić information content (AvgIpc) is 2.66. The van der Waals surface area contributed by atoms with Crippen LogP contribution in [0.25, 0.3) is 11.5 Å². The first-order chi connectivity index (χ1) is 7.65. The third kappa shape index (κ3) is 2.25. The number of hydrogen-bond donors (Lipinski definition) is 1. The largest absolute Gasteiger partial charge is 0.332 e. The van der Waals surface area contributed by atoms with Crippen LogP contribution in [-0.2, 0) is 4.79 Å². The zero-order valence-corrected chi connectivity index (χ0v) is 9.02. The molecule has 1 aromatic carbocycles. The van der Waals surface area contributed by atoms with E-state index in [1.54, 1.807) is 0 Å². The van der Waals surface area contributed by atoms with Gasteiger partial charge in [0.15, 0.2) is 0 Å². The zero-order valence-electron chi connectivity index (χ0n) is 9.02. The quantitative estimate of drug-likeness (QED) is 0.835. The van der Waals surface area contributed by atoms with Crippen molar-refractivity contribution in [3.05, 3.63) is 29.8 Å². The van der Waals surface area contributed by atoms with Gasteiger partial charge in [-0.05, 0) is 24.2 Å². The Morgan fingerprint density at radius 1 is 1.31 bits per heavy atom. The van der Waals surface area contributed by atoms with Crippen molar-refractivity contribution in [2.24, 2.45) is 0 Å². The van der Waals surface area contributed by atoms with Crippen LogP contribution in [0.2, 0.25) is 0 Å². The molecule has 2 aromatic rings. The lowest BCUT2D eigenvalue weighted by Crippen LogP contribution is -2.06. The first-order valence-electron chi connectivity index (χ1n) is 4.83. The number of hydrogen-bond acceptors (Lipinski definition) is 4. The Morgan fingerprint density at radius 2 is 2.00 bits per heavy atom. The molecule has 5 heteroatoms. The van der Waals surface area contributed by atoms with Crippen LogP contribution in [0, 0.1) is 6.92 Å². The summed E-state index contributed by atoms with van der Waals surface area (Å²) in [6, 6.07) is 7.69. The summed E-state index contributed by atoms with van der Waals surface area (Å²) in [5.74, 6) is 0.350. The highest BCUT2D eigenvalue weighted by atomic mass is 16.5. The molecule has 0 fully saturated rings. The van der Waals surface area contributed by atoms with Crippen molar-refractivity contribution in [1.29, 1.82) is 0 Å². The Balaban J connectivity index is 2.24. The fraction of sp³-hybridized carbons (Fsp3) is 0.182. The summed E-state index contributed by atoms with van der Waals surface area (Å²) < 4.78 is 5.02. The molecular formula is C11H11N3O2. The molecule has 0 radical (unpaired) electrons. The number of aromatic nitrogens is 2. The minimum atomic E-state index is -0.226. The molecule has 0 saturated heterocycles. The van der Waals surface area contributed by atoms with Crippen molar-refractivity contribution in [2.45, 2.75) is 13.8 Å². The average molecular weight is 217 g/mol. The van der Waals surface area contributed by atoms with Gasteiger partial charge in [-0.25, -0.2) is 0 Å². The molecule has 2 rings (SSSR count). The van der Waals surface area contributed by atoms with E-state index >= 15 is 0 Å². The number of amides is 1. The molecular weight excluding hydrogens is 206 g/mol. The van der Waals surface area contributed by atoms with E-state index in [2.05, 4.69) is 15.5 Å². The van der Waals surface area contributed by atoms with Crippen LogP contribution in [0.15, 0.2) is 28.8 Å². The van der Waals surface area contributed by atoms with Gasteiger partial charge in [-0.1, -0.05) is 17.7 Å². The Labute approximate surface area is 92.5 Å². The second-order valence-corrected chi connectivity index (χ2v) is 3.47. The topological polar surface area (TPSA) is 68.0 Å². The van der Waals surface area contributed by atoms with Gasteiger partial charge < -0.3 is 4.52 Å². The molecule has 0 bridgehead atoms. The fourth-order valence-corrected chi connectivity index (χ4v) is 1.25. The van der Waals surface area contributed by atoms with E-state index < -0.39 is 0 Å². The molecule has 1 heterocycles. The van der Waals surface area contributed by atoms with Crippen LogP contribution < -0.4 is 5.32 Å². The zero-order chi connectivity index (χ0) is 11.5. The van der Waals surface area contributed by atoms with Gasteiger partial charge in [-0.3, -0.25) is 10.1 Å². The highest BCUT2D eigenvalue weighted by Crippen LogP contribution is 2.18. The Morgan fingerprint density at radius 3 is 2.62 bits per heavy atom. The number of carbonyl (C=O) groups is 1. The molecule has 82 valence electrons. The van der Waals surface area contributed by atoms with Crippen LogP contribution in [0.5, 0.6) is 0 Å². The predicted octanol–water partition coefficient (Wildman–Crippen LogP) is 2.00. The highest BCUT2D eigenvalue weighted by Gasteiger charge is 2.08. The van der Waals surface area contributed by atoms with E-state index in [1.807, 2.05) is 31.2 Å². The number of aryl methyl sites for hydroxylation is 1. The number of anilines is 1. The van der Waals surface area contributed by atoms with Gasteiger partial charge in [-0.2, -0.15) is 4.98 Å². The molecule has 0 saturated carbocycles. The Bertz CT molecular complexity index is 502. The molecule has 0 unspecified atom stereocenters. The molecule has 1 amide bonds. The summed E-state index contributed by atoms with van der Waals surface area (Å²) in [6.07, 6.45) is 0. The molecule has 0 aliphatic carbocycles. The van der Waals surface area contributed by atoms with Crippen molar-refractivity contribution in [3.8, 4) is 11.5 Å². The summed E-state index contributed by atoms with van der Waals surface area (Å²) >= 11 is 0. The van der Waals surface area contributed by atoms with Gasteiger partial charge in [0.25, 0.3) is 11.8 Å². The second kappa shape index (κ2) is 4.14. The Kier molecular flexibility index (Phi) is 2.68. The van der Waals surface area contributed by atoms with Crippen LogP contribution >= 0.6 is 0 Å². The maximum absolute atomic E-state index is 10.8. The molecule has 1 aromatic heterocycles. The SMILES string of the molecule is CC(=O)Nc1noc(-c2ccc(C)cc2)n1. The molecule has 1 N–H and O–H groups in total. The monoisotopic (exact) mass is 217 g/mol. The summed E-state index contributed by atoms with van der Waals surface area (Å²) in [7, 11) is 0. The van der Waals surface area contributed by atoms with Crippen LogP contribution in [0.4, 0.5) is 5.95 Å². The van der Waals surface area contributed by atoms with Gasteiger partial charge in [0.05, 0.1) is 0 Å². The van der Waals surface area contributed by atoms with Gasteiger partial charge in [0.2, 0.25) is 5.91 Å². The number of rotatable bonds is 2. The van der Waals surface area contributed by atoms with Crippen molar-refractivity contribution in [2.75, 3.05) is 5.32 Å². The molecule has 16 heavy (non-hydrogen) atoms. The van der Waals surface area contributed by atoms with E-state index in [1.165, 1.54) is 6.92 Å². The van der Waals surface area contributed by atoms with E-state index in [0.717, 1.165) is 11.1 Å². The van der Waals surface area contributed by atoms with Crippen LogP contribution in [-0.4, -0.2) is 16.0 Å². The molecule has 0 aliphatic rings.